The maximum atomic E-state index is 5.05. The monoisotopic (exact) mass is 308 g/mol. The second-order valence-corrected chi connectivity index (χ2v) is 8.92. The number of nitrogens with zero attached hydrogens (tertiary/aromatic N) is 1. The minimum atomic E-state index is 0.167. The molecular weight excluding hydrogens is 276 g/mol. The van der Waals surface area contributed by atoms with Crippen molar-refractivity contribution < 1.29 is 0 Å². The summed E-state index contributed by atoms with van der Waals surface area (Å²) < 4.78 is 0. The summed E-state index contributed by atoms with van der Waals surface area (Å²) in [5.74, 6) is 1.25. The average molecular weight is 309 g/mol. The van der Waals surface area contributed by atoms with E-state index in [1.807, 2.05) is 11.3 Å². The van der Waals surface area contributed by atoms with E-state index in [1.165, 1.54) is 54.1 Å². The molecule has 0 saturated heterocycles. The molecule has 0 aromatic carbocycles. The fourth-order valence-corrected chi connectivity index (χ4v) is 4.34. The van der Waals surface area contributed by atoms with Crippen LogP contribution in [0.2, 0.25) is 0 Å². The van der Waals surface area contributed by atoms with Crippen molar-refractivity contribution in [1.29, 1.82) is 0 Å². The predicted molar refractivity (Wildman–Crippen MR) is 93.2 cm³/mol. The second-order valence-electron chi connectivity index (χ2n) is 7.81. The van der Waals surface area contributed by atoms with E-state index in [9.17, 15) is 0 Å². The first-order valence-corrected chi connectivity index (χ1v) is 9.43. The van der Waals surface area contributed by atoms with Crippen LogP contribution in [0.15, 0.2) is 0 Å². The lowest BCUT2D eigenvalue weighted by molar-refractivity contribution is 0.425. The number of hydrogen-bond acceptors (Lipinski definition) is 3. The third-order valence-electron chi connectivity index (χ3n) is 4.27. The molecule has 21 heavy (non-hydrogen) atoms. The zero-order valence-electron chi connectivity index (χ0n) is 14.5. The van der Waals surface area contributed by atoms with Crippen molar-refractivity contribution in [3.05, 3.63) is 15.6 Å². The van der Waals surface area contributed by atoms with Crippen LogP contribution in [0.4, 0.5) is 0 Å². The summed E-state index contributed by atoms with van der Waals surface area (Å²) in [4.78, 5) is 6.51. The molecule has 1 heterocycles. The Bertz CT molecular complexity index is 435. The zero-order chi connectivity index (χ0) is 15.5. The summed E-state index contributed by atoms with van der Waals surface area (Å²) in [6.07, 6.45) is 8.29. The summed E-state index contributed by atoms with van der Waals surface area (Å²) in [6, 6.07) is 0. The molecule has 2 nitrogen and oxygen atoms in total. The normalized spacial score (nSPS) is 18.2. The van der Waals surface area contributed by atoms with Gasteiger partial charge in [-0.3, -0.25) is 0 Å². The largest absolute Gasteiger partial charge is 0.307 e. The second kappa shape index (κ2) is 7.23. The molecule has 0 radical (unpaired) electrons. The molecule has 1 aliphatic rings. The van der Waals surface area contributed by atoms with Crippen molar-refractivity contribution in [1.82, 2.24) is 10.3 Å². The van der Waals surface area contributed by atoms with Gasteiger partial charge in [0.05, 0.1) is 10.7 Å². The van der Waals surface area contributed by atoms with Crippen LogP contribution in [0.1, 0.15) is 101 Å². The molecule has 0 unspecified atom stereocenters. The fourth-order valence-electron chi connectivity index (χ4n) is 3.01. The van der Waals surface area contributed by atoms with E-state index in [1.54, 1.807) is 0 Å². The Kier molecular flexibility index (Phi) is 5.84. The zero-order valence-corrected chi connectivity index (χ0v) is 15.3. The van der Waals surface area contributed by atoms with Gasteiger partial charge >= 0.3 is 0 Å². The number of thiazole rings is 1. The van der Waals surface area contributed by atoms with E-state index in [2.05, 4.69) is 39.9 Å². The van der Waals surface area contributed by atoms with Gasteiger partial charge in [-0.25, -0.2) is 4.98 Å². The number of rotatable bonds is 4. The SMILES string of the molecule is CC(C)c1nc(C2CCCCCC2)sc1CNC(C)(C)C. The smallest absolute Gasteiger partial charge is 0.0962 e. The molecule has 0 amide bonds. The molecule has 0 spiro atoms. The highest BCUT2D eigenvalue weighted by molar-refractivity contribution is 7.11. The standard InChI is InChI=1S/C18H32N2S/c1-13(2)16-15(12-19-18(3,4)5)21-17(20-16)14-10-8-6-7-9-11-14/h13-14,19H,6-12H2,1-5H3. The number of aromatic nitrogens is 1. The van der Waals surface area contributed by atoms with Gasteiger partial charge in [0.2, 0.25) is 0 Å². The van der Waals surface area contributed by atoms with Crippen LogP contribution in [-0.2, 0) is 6.54 Å². The van der Waals surface area contributed by atoms with Gasteiger partial charge in [-0.05, 0) is 39.5 Å². The predicted octanol–water partition coefficient (Wildman–Crippen LogP) is 5.59. The van der Waals surface area contributed by atoms with E-state index in [-0.39, 0.29) is 5.54 Å². The van der Waals surface area contributed by atoms with E-state index in [0.29, 0.717) is 5.92 Å². The van der Waals surface area contributed by atoms with Crippen molar-refractivity contribution in [3.8, 4) is 0 Å². The lowest BCUT2D eigenvalue weighted by Gasteiger charge is -2.20. The van der Waals surface area contributed by atoms with Gasteiger partial charge in [-0.1, -0.05) is 39.5 Å². The maximum Gasteiger partial charge on any atom is 0.0962 e. The minimum Gasteiger partial charge on any atom is -0.307 e. The summed E-state index contributed by atoms with van der Waals surface area (Å²) in [7, 11) is 0. The molecule has 1 saturated carbocycles. The van der Waals surface area contributed by atoms with Crippen LogP contribution in [0.3, 0.4) is 0 Å². The number of nitrogens with one attached hydrogen (secondary N) is 1. The molecular formula is C18H32N2S. The van der Waals surface area contributed by atoms with Gasteiger partial charge < -0.3 is 5.32 Å². The minimum absolute atomic E-state index is 0.167. The van der Waals surface area contributed by atoms with Crippen LogP contribution in [0.5, 0.6) is 0 Å². The molecule has 0 bridgehead atoms. The molecule has 2 rings (SSSR count). The van der Waals surface area contributed by atoms with Crippen molar-refractivity contribution in [2.24, 2.45) is 0 Å². The highest BCUT2D eigenvalue weighted by atomic mass is 32.1. The van der Waals surface area contributed by atoms with E-state index in [4.69, 9.17) is 4.98 Å². The first-order valence-electron chi connectivity index (χ1n) is 8.61. The Labute approximate surface area is 134 Å². The molecule has 1 aliphatic carbocycles. The lowest BCUT2D eigenvalue weighted by Crippen LogP contribution is -2.35. The maximum absolute atomic E-state index is 5.05. The molecule has 3 heteroatoms. The molecule has 0 atom stereocenters. The Balaban J connectivity index is 2.15. The van der Waals surface area contributed by atoms with Crippen LogP contribution < -0.4 is 5.32 Å². The third kappa shape index (κ3) is 5.07. The average Bonchev–Trinajstić information content (AvgIpc) is 2.63. The van der Waals surface area contributed by atoms with Crippen molar-refractivity contribution in [2.45, 2.75) is 97.1 Å². The van der Waals surface area contributed by atoms with Crippen LogP contribution in [-0.4, -0.2) is 10.5 Å². The third-order valence-corrected chi connectivity index (χ3v) is 5.51. The first kappa shape index (κ1) is 17.0. The van der Waals surface area contributed by atoms with Gasteiger partial charge in [-0.15, -0.1) is 11.3 Å². The Morgan fingerprint density at radius 2 is 1.76 bits per heavy atom. The summed E-state index contributed by atoms with van der Waals surface area (Å²) in [5.41, 5.74) is 1.50. The van der Waals surface area contributed by atoms with E-state index in [0.717, 1.165) is 12.5 Å². The number of hydrogen-bond donors (Lipinski definition) is 1. The topological polar surface area (TPSA) is 24.9 Å². The fraction of sp³-hybridized carbons (Fsp3) is 0.833. The molecule has 1 fully saturated rings. The van der Waals surface area contributed by atoms with Crippen LogP contribution >= 0.6 is 11.3 Å². The summed E-state index contributed by atoms with van der Waals surface area (Å²) >= 11 is 1.97. The van der Waals surface area contributed by atoms with Crippen molar-refractivity contribution in [3.63, 3.8) is 0 Å². The first-order chi connectivity index (χ1) is 9.87. The summed E-state index contributed by atoms with van der Waals surface area (Å²) in [6.45, 7) is 12.2. The van der Waals surface area contributed by atoms with E-state index >= 15 is 0 Å². The lowest BCUT2D eigenvalue weighted by atomic mass is 10.0. The van der Waals surface area contributed by atoms with E-state index < -0.39 is 0 Å². The molecule has 120 valence electrons. The Morgan fingerprint density at radius 1 is 1.14 bits per heavy atom. The van der Waals surface area contributed by atoms with Crippen molar-refractivity contribution in [2.75, 3.05) is 0 Å². The van der Waals surface area contributed by atoms with Gasteiger partial charge in [0.1, 0.15) is 0 Å². The van der Waals surface area contributed by atoms with Crippen molar-refractivity contribution >= 4 is 11.3 Å². The molecule has 1 aromatic rings. The highest BCUT2D eigenvalue weighted by Gasteiger charge is 2.22. The highest BCUT2D eigenvalue weighted by Crippen LogP contribution is 2.36. The molecule has 1 N–H and O–H groups in total. The van der Waals surface area contributed by atoms with Crippen LogP contribution in [0.25, 0.3) is 0 Å². The molecule has 1 aromatic heterocycles. The summed E-state index contributed by atoms with van der Waals surface area (Å²) in [5, 5.41) is 5.04. The van der Waals surface area contributed by atoms with Gasteiger partial charge in [-0.2, -0.15) is 0 Å². The quantitative estimate of drug-likeness (QED) is 0.733. The molecule has 0 aliphatic heterocycles. The van der Waals surface area contributed by atoms with Gasteiger partial charge in [0.25, 0.3) is 0 Å². The Hall–Kier alpha value is -0.410. The van der Waals surface area contributed by atoms with Crippen LogP contribution in [0, 0.1) is 0 Å². The van der Waals surface area contributed by atoms with Gasteiger partial charge in [0.15, 0.2) is 0 Å². The Morgan fingerprint density at radius 3 is 2.29 bits per heavy atom. The van der Waals surface area contributed by atoms with Gasteiger partial charge in [0, 0.05) is 22.9 Å².